The van der Waals surface area contributed by atoms with Crippen LogP contribution < -0.4 is 19.4 Å². The van der Waals surface area contributed by atoms with Crippen molar-refractivity contribution in [3.8, 4) is 5.75 Å². The minimum absolute atomic E-state index is 0.144. The van der Waals surface area contributed by atoms with E-state index in [1.165, 1.54) is 11.3 Å². The largest absolute Gasteiger partial charge is 0.497 e. The minimum Gasteiger partial charge on any atom is -0.497 e. The molecule has 0 bridgehead atoms. The number of rotatable bonds is 7. The molecule has 0 spiro atoms. The lowest BCUT2D eigenvalue weighted by Gasteiger charge is -2.32. The fraction of sp³-hybridized carbons (Fsp3) is 0.387. The zero-order chi connectivity index (χ0) is 25.8. The minimum atomic E-state index is -0.182. The molecule has 3 aromatic carbocycles. The van der Waals surface area contributed by atoms with Crippen molar-refractivity contribution >= 4 is 23.0 Å². The van der Waals surface area contributed by atoms with Crippen LogP contribution in [0.1, 0.15) is 35.4 Å². The molecule has 1 unspecified atom stereocenters. The predicted octanol–water partition coefficient (Wildman–Crippen LogP) is 5.25. The van der Waals surface area contributed by atoms with Gasteiger partial charge in [0, 0.05) is 44.2 Å². The fourth-order valence-corrected chi connectivity index (χ4v) is 5.39. The molecule has 1 amide bonds. The third-order valence-electron chi connectivity index (χ3n) is 7.56. The van der Waals surface area contributed by atoms with Crippen molar-refractivity contribution < 1.29 is 14.3 Å². The second kappa shape index (κ2) is 11.3. The van der Waals surface area contributed by atoms with E-state index >= 15 is 0 Å². The summed E-state index contributed by atoms with van der Waals surface area (Å²) in [7, 11) is 5.76. The van der Waals surface area contributed by atoms with Crippen LogP contribution in [0.25, 0.3) is 0 Å². The number of ether oxygens (including phenoxy) is 2. The Morgan fingerprint density at radius 2 is 1.68 bits per heavy atom. The van der Waals surface area contributed by atoms with Crippen molar-refractivity contribution in [2.45, 2.75) is 31.7 Å². The number of carbonyl (C=O) groups is 1. The fourth-order valence-electron chi connectivity index (χ4n) is 5.39. The van der Waals surface area contributed by atoms with E-state index in [0.29, 0.717) is 6.54 Å². The highest BCUT2D eigenvalue weighted by molar-refractivity contribution is 5.98. The van der Waals surface area contributed by atoms with Gasteiger partial charge in [-0.15, -0.1) is 0 Å². The van der Waals surface area contributed by atoms with Gasteiger partial charge >= 0.3 is 0 Å². The molecule has 6 heteroatoms. The summed E-state index contributed by atoms with van der Waals surface area (Å²) >= 11 is 0. The molecule has 0 saturated carbocycles. The number of benzene rings is 3. The van der Waals surface area contributed by atoms with Gasteiger partial charge in [0.05, 0.1) is 32.8 Å². The molecule has 0 aromatic heterocycles. The summed E-state index contributed by atoms with van der Waals surface area (Å²) in [4.78, 5) is 20.7. The van der Waals surface area contributed by atoms with Crippen LogP contribution in [0, 0.1) is 0 Å². The van der Waals surface area contributed by atoms with Crippen molar-refractivity contribution in [1.82, 2.24) is 0 Å². The van der Waals surface area contributed by atoms with E-state index in [1.807, 2.05) is 25.1 Å². The molecule has 0 radical (unpaired) electrons. The van der Waals surface area contributed by atoms with E-state index in [9.17, 15) is 4.79 Å². The Morgan fingerprint density at radius 3 is 2.35 bits per heavy atom. The van der Waals surface area contributed by atoms with Gasteiger partial charge in [0.2, 0.25) is 5.91 Å². The van der Waals surface area contributed by atoms with Crippen molar-refractivity contribution in [1.29, 1.82) is 0 Å². The van der Waals surface area contributed by atoms with E-state index in [4.69, 9.17) is 9.47 Å². The number of amides is 1. The van der Waals surface area contributed by atoms with Gasteiger partial charge in [0.1, 0.15) is 5.75 Å². The molecule has 37 heavy (non-hydrogen) atoms. The highest BCUT2D eigenvalue weighted by Crippen LogP contribution is 2.37. The van der Waals surface area contributed by atoms with Crippen molar-refractivity contribution in [2.75, 3.05) is 62.2 Å². The summed E-state index contributed by atoms with van der Waals surface area (Å²) in [6.07, 6.45) is 2.86. The van der Waals surface area contributed by atoms with Gasteiger partial charge in [-0.1, -0.05) is 18.2 Å². The number of aryl methyl sites for hydroxylation is 1. The molecule has 1 aliphatic carbocycles. The van der Waals surface area contributed by atoms with E-state index in [1.54, 1.807) is 7.11 Å². The summed E-state index contributed by atoms with van der Waals surface area (Å²) in [5, 5.41) is 0. The van der Waals surface area contributed by atoms with E-state index in [2.05, 4.69) is 70.5 Å². The highest BCUT2D eigenvalue weighted by atomic mass is 16.5. The van der Waals surface area contributed by atoms with Crippen molar-refractivity contribution in [3.63, 3.8) is 0 Å². The maximum atomic E-state index is 14.3. The van der Waals surface area contributed by atoms with Crippen LogP contribution in [0.15, 0.2) is 66.7 Å². The molecular formula is C31H37N3O3. The smallest absolute Gasteiger partial charge is 0.234 e. The number of nitrogens with zero attached hydrogens (tertiary/aromatic N) is 3. The number of carbonyl (C=O) groups excluding carboxylic acids is 1. The Morgan fingerprint density at radius 1 is 0.973 bits per heavy atom. The molecule has 1 atom stereocenters. The standard InChI is InChI=1S/C31H37N3O3/c1-32(2)25-10-7-23(8-11-25)22-34(27-14-12-26(13-15-27)33-17-19-37-20-18-33)31(35)29-6-4-5-24-9-16-28(36-3)21-30(24)29/h7-16,21,29H,4-6,17-20,22H2,1-3H3. The molecule has 6 nitrogen and oxygen atoms in total. The Hall–Kier alpha value is -3.51. The molecule has 2 aliphatic rings. The molecule has 5 rings (SSSR count). The lowest BCUT2D eigenvalue weighted by molar-refractivity contribution is -0.120. The Kier molecular flexibility index (Phi) is 7.65. The van der Waals surface area contributed by atoms with Crippen LogP contribution in [0.4, 0.5) is 17.1 Å². The van der Waals surface area contributed by atoms with E-state index in [-0.39, 0.29) is 11.8 Å². The van der Waals surface area contributed by atoms with Gasteiger partial charge in [-0.2, -0.15) is 0 Å². The third kappa shape index (κ3) is 5.59. The SMILES string of the molecule is COc1ccc2c(c1)C(C(=O)N(Cc1ccc(N(C)C)cc1)c1ccc(N3CCOCC3)cc1)CCC2. The normalized spacial score (nSPS) is 17.2. The third-order valence-corrected chi connectivity index (χ3v) is 7.56. The quantitative estimate of drug-likeness (QED) is 0.444. The van der Waals surface area contributed by atoms with Crippen LogP contribution >= 0.6 is 0 Å². The Balaban J connectivity index is 1.47. The number of hydrogen-bond acceptors (Lipinski definition) is 5. The van der Waals surface area contributed by atoms with Crippen LogP contribution in [0.2, 0.25) is 0 Å². The Labute approximate surface area is 220 Å². The van der Waals surface area contributed by atoms with Crippen LogP contribution in [-0.2, 0) is 22.5 Å². The molecular weight excluding hydrogens is 462 g/mol. The summed E-state index contributed by atoms with van der Waals surface area (Å²) < 4.78 is 11.0. The van der Waals surface area contributed by atoms with Gasteiger partial charge in [-0.3, -0.25) is 4.79 Å². The summed E-state index contributed by atoms with van der Waals surface area (Å²) in [5.74, 6) is 0.767. The first-order valence-corrected chi connectivity index (χ1v) is 13.2. The number of methoxy groups -OCH3 is 1. The average Bonchev–Trinajstić information content (AvgIpc) is 2.95. The Bertz CT molecular complexity index is 1200. The molecule has 1 heterocycles. The summed E-state index contributed by atoms with van der Waals surface area (Å²) in [6, 6.07) is 23.1. The van der Waals surface area contributed by atoms with Crippen LogP contribution in [0.5, 0.6) is 5.75 Å². The molecule has 1 saturated heterocycles. The van der Waals surface area contributed by atoms with Gasteiger partial charge in [0.15, 0.2) is 0 Å². The first-order chi connectivity index (χ1) is 18.0. The van der Waals surface area contributed by atoms with Gasteiger partial charge in [-0.05, 0) is 84.5 Å². The lowest BCUT2D eigenvalue weighted by atomic mass is 9.81. The lowest BCUT2D eigenvalue weighted by Crippen LogP contribution is -2.37. The van der Waals surface area contributed by atoms with Gasteiger partial charge in [0.25, 0.3) is 0 Å². The zero-order valence-corrected chi connectivity index (χ0v) is 22.2. The van der Waals surface area contributed by atoms with Crippen LogP contribution in [-0.4, -0.2) is 53.4 Å². The second-order valence-electron chi connectivity index (χ2n) is 10.1. The summed E-state index contributed by atoms with van der Waals surface area (Å²) in [6.45, 7) is 3.81. The molecule has 3 aromatic rings. The highest BCUT2D eigenvalue weighted by Gasteiger charge is 2.31. The number of hydrogen-bond donors (Lipinski definition) is 0. The zero-order valence-electron chi connectivity index (χ0n) is 22.2. The monoisotopic (exact) mass is 499 g/mol. The maximum absolute atomic E-state index is 14.3. The molecule has 1 fully saturated rings. The van der Waals surface area contributed by atoms with E-state index in [0.717, 1.165) is 73.8 Å². The van der Waals surface area contributed by atoms with Crippen molar-refractivity contribution in [3.05, 3.63) is 83.4 Å². The van der Waals surface area contributed by atoms with Crippen molar-refractivity contribution in [2.24, 2.45) is 0 Å². The summed E-state index contributed by atoms with van der Waals surface area (Å²) in [5.41, 5.74) is 6.70. The predicted molar refractivity (Wildman–Crippen MR) is 150 cm³/mol. The first kappa shape index (κ1) is 25.2. The number of morpholine rings is 1. The van der Waals surface area contributed by atoms with E-state index < -0.39 is 0 Å². The van der Waals surface area contributed by atoms with Gasteiger partial charge < -0.3 is 24.2 Å². The second-order valence-corrected chi connectivity index (χ2v) is 10.1. The van der Waals surface area contributed by atoms with Crippen LogP contribution in [0.3, 0.4) is 0 Å². The topological polar surface area (TPSA) is 45.2 Å². The maximum Gasteiger partial charge on any atom is 0.234 e. The number of fused-ring (bicyclic) bond motifs is 1. The molecule has 1 aliphatic heterocycles. The average molecular weight is 500 g/mol. The van der Waals surface area contributed by atoms with Gasteiger partial charge in [-0.25, -0.2) is 0 Å². The molecule has 194 valence electrons. The first-order valence-electron chi connectivity index (χ1n) is 13.2. The number of anilines is 3. The molecule has 0 N–H and O–H groups in total.